The SMILES string of the molecule is Brc1cccc2cs[c]c12. The van der Waals surface area contributed by atoms with E-state index in [2.05, 4.69) is 32.8 Å². The molecule has 0 aliphatic heterocycles. The second-order valence-electron chi connectivity index (χ2n) is 2.04. The van der Waals surface area contributed by atoms with Crippen LogP contribution in [0.3, 0.4) is 0 Å². The molecule has 49 valence electrons. The predicted molar refractivity (Wildman–Crippen MR) is 48.4 cm³/mol. The fraction of sp³-hybridized carbons (Fsp3) is 0. The highest BCUT2D eigenvalue weighted by molar-refractivity contribution is 9.10. The van der Waals surface area contributed by atoms with Gasteiger partial charge in [-0.2, -0.15) is 0 Å². The Morgan fingerprint density at radius 2 is 2.30 bits per heavy atom. The maximum atomic E-state index is 3.45. The van der Waals surface area contributed by atoms with E-state index in [0.29, 0.717) is 0 Å². The summed E-state index contributed by atoms with van der Waals surface area (Å²) >= 11 is 5.06. The van der Waals surface area contributed by atoms with Crippen molar-refractivity contribution < 1.29 is 0 Å². The monoisotopic (exact) mass is 211 g/mol. The molecule has 0 saturated heterocycles. The lowest BCUT2D eigenvalue weighted by Crippen LogP contribution is -1.64. The normalized spacial score (nSPS) is 10.5. The molecule has 10 heavy (non-hydrogen) atoms. The number of benzene rings is 1. The number of halogens is 1. The zero-order valence-corrected chi connectivity index (χ0v) is 7.50. The van der Waals surface area contributed by atoms with Gasteiger partial charge in [-0.1, -0.05) is 28.1 Å². The van der Waals surface area contributed by atoms with Crippen molar-refractivity contribution in [1.29, 1.82) is 0 Å². The molecule has 1 aromatic heterocycles. The van der Waals surface area contributed by atoms with Gasteiger partial charge >= 0.3 is 0 Å². The van der Waals surface area contributed by atoms with Crippen LogP contribution in [0.15, 0.2) is 28.1 Å². The third-order valence-electron chi connectivity index (χ3n) is 1.39. The van der Waals surface area contributed by atoms with E-state index in [-0.39, 0.29) is 0 Å². The van der Waals surface area contributed by atoms with Crippen molar-refractivity contribution in [1.82, 2.24) is 0 Å². The van der Waals surface area contributed by atoms with E-state index in [1.54, 1.807) is 11.3 Å². The fourth-order valence-corrected chi connectivity index (χ4v) is 2.24. The van der Waals surface area contributed by atoms with E-state index in [1.807, 2.05) is 12.1 Å². The summed E-state index contributed by atoms with van der Waals surface area (Å²) in [6.07, 6.45) is 0. The van der Waals surface area contributed by atoms with Crippen LogP contribution in [-0.4, -0.2) is 0 Å². The Morgan fingerprint density at radius 1 is 1.40 bits per heavy atom. The Balaban J connectivity index is 2.95. The van der Waals surface area contributed by atoms with Gasteiger partial charge in [0.25, 0.3) is 0 Å². The maximum Gasteiger partial charge on any atom is 0.0539 e. The van der Waals surface area contributed by atoms with Gasteiger partial charge in [0.1, 0.15) is 0 Å². The van der Waals surface area contributed by atoms with Crippen molar-refractivity contribution in [3.8, 4) is 0 Å². The predicted octanol–water partition coefficient (Wildman–Crippen LogP) is 3.46. The molecule has 0 spiro atoms. The summed E-state index contributed by atoms with van der Waals surface area (Å²) in [6.45, 7) is 0. The van der Waals surface area contributed by atoms with Crippen LogP contribution in [0.4, 0.5) is 0 Å². The molecule has 0 saturated carbocycles. The average Bonchev–Trinajstić information content (AvgIpc) is 2.36. The minimum absolute atomic E-state index is 1.13. The average molecular weight is 212 g/mol. The molecule has 0 aliphatic rings. The van der Waals surface area contributed by atoms with Crippen molar-refractivity contribution >= 4 is 38.0 Å². The number of fused-ring (bicyclic) bond motifs is 1. The highest BCUT2D eigenvalue weighted by atomic mass is 79.9. The van der Waals surface area contributed by atoms with E-state index in [1.165, 1.54) is 10.8 Å². The van der Waals surface area contributed by atoms with Crippen LogP contribution in [0.5, 0.6) is 0 Å². The molecule has 0 bridgehead atoms. The van der Waals surface area contributed by atoms with Crippen molar-refractivity contribution in [3.05, 3.63) is 33.4 Å². The molecular weight excluding hydrogens is 208 g/mol. The smallest absolute Gasteiger partial charge is 0.0539 e. The zero-order chi connectivity index (χ0) is 6.97. The number of hydrogen-bond donors (Lipinski definition) is 0. The minimum atomic E-state index is 1.13. The van der Waals surface area contributed by atoms with Crippen LogP contribution in [0.25, 0.3) is 10.8 Å². The molecule has 2 aromatic rings. The maximum absolute atomic E-state index is 3.45. The van der Waals surface area contributed by atoms with Crippen LogP contribution < -0.4 is 0 Å². The Kier molecular flexibility index (Phi) is 1.51. The molecule has 0 fully saturated rings. The molecule has 0 nitrogen and oxygen atoms in total. The van der Waals surface area contributed by atoms with E-state index < -0.39 is 0 Å². The zero-order valence-electron chi connectivity index (χ0n) is 5.10. The van der Waals surface area contributed by atoms with Crippen LogP contribution in [0.1, 0.15) is 0 Å². The van der Waals surface area contributed by atoms with Gasteiger partial charge < -0.3 is 0 Å². The van der Waals surface area contributed by atoms with Gasteiger partial charge in [-0.15, -0.1) is 11.3 Å². The highest BCUT2D eigenvalue weighted by Gasteiger charge is 1.96. The molecule has 2 heteroatoms. The van der Waals surface area contributed by atoms with Crippen LogP contribution in [0.2, 0.25) is 0 Å². The summed E-state index contributed by atoms with van der Waals surface area (Å²) in [5.74, 6) is 0. The summed E-state index contributed by atoms with van der Waals surface area (Å²) in [7, 11) is 0. The standard InChI is InChI=1S/C8H4BrS/c9-8-3-1-2-6-4-10-5-7(6)8/h1-4H. The summed E-state index contributed by atoms with van der Waals surface area (Å²) in [4.78, 5) is 0. The van der Waals surface area contributed by atoms with Gasteiger partial charge in [-0.3, -0.25) is 0 Å². The van der Waals surface area contributed by atoms with E-state index in [0.717, 1.165) is 4.47 Å². The lowest BCUT2D eigenvalue weighted by Gasteiger charge is -1.89. The molecular formula is C8H4BrS. The first kappa shape index (κ1) is 6.38. The van der Waals surface area contributed by atoms with Crippen molar-refractivity contribution in [2.24, 2.45) is 0 Å². The molecule has 1 heterocycles. The first-order valence-electron chi connectivity index (χ1n) is 2.91. The van der Waals surface area contributed by atoms with Crippen LogP contribution in [-0.2, 0) is 0 Å². The quantitative estimate of drug-likeness (QED) is 0.627. The molecule has 0 atom stereocenters. The minimum Gasteiger partial charge on any atom is -0.142 e. The molecule has 0 amide bonds. The van der Waals surface area contributed by atoms with Crippen LogP contribution >= 0.6 is 27.3 Å². The molecule has 1 aromatic carbocycles. The number of thiophene rings is 1. The Labute approximate surface area is 71.6 Å². The summed E-state index contributed by atoms with van der Waals surface area (Å²) < 4.78 is 1.13. The van der Waals surface area contributed by atoms with Crippen molar-refractivity contribution in [3.63, 3.8) is 0 Å². The molecule has 0 N–H and O–H groups in total. The van der Waals surface area contributed by atoms with Gasteiger partial charge in [0.15, 0.2) is 0 Å². The largest absolute Gasteiger partial charge is 0.142 e. The second kappa shape index (κ2) is 2.36. The second-order valence-corrected chi connectivity index (χ2v) is 3.57. The van der Waals surface area contributed by atoms with Crippen LogP contribution in [0, 0.1) is 5.38 Å². The van der Waals surface area contributed by atoms with Gasteiger partial charge in [-0.25, -0.2) is 0 Å². The number of hydrogen-bond acceptors (Lipinski definition) is 1. The first-order valence-corrected chi connectivity index (χ1v) is 4.58. The van der Waals surface area contributed by atoms with Gasteiger partial charge in [-0.05, 0) is 16.8 Å². The highest BCUT2D eigenvalue weighted by Crippen LogP contribution is 2.25. The summed E-state index contributed by atoms with van der Waals surface area (Å²) in [5.41, 5.74) is 0. The topological polar surface area (TPSA) is 0 Å². The van der Waals surface area contributed by atoms with E-state index in [9.17, 15) is 0 Å². The lowest BCUT2D eigenvalue weighted by atomic mass is 10.2. The Hall–Kier alpha value is -0.340. The number of rotatable bonds is 0. The third kappa shape index (κ3) is 0.879. The van der Waals surface area contributed by atoms with Gasteiger partial charge in [0.2, 0.25) is 0 Å². The lowest BCUT2D eigenvalue weighted by molar-refractivity contribution is 1.78. The summed E-state index contributed by atoms with van der Waals surface area (Å²) in [5, 5.41) is 7.73. The van der Waals surface area contributed by atoms with Gasteiger partial charge in [0.05, 0.1) is 5.38 Å². The van der Waals surface area contributed by atoms with Crippen molar-refractivity contribution in [2.75, 3.05) is 0 Å². The van der Waals surface area contributed by atoms with Crippen molar-refractivity contribution in [2.45, 2.75) is 0 Å². The molecule has 1 radical (unpaired) electrons. The van der Waals surface area contributed by atoms with E-state index >= 15 is 0 Å². The summed E-state index contributed by atoms with van der Waals surface area (Å²) in [6, 6.07) is 6.16. The van der Waals surface area contributed by atoms with E-state index in [4.69, 9.17) is 0 Å². The molecule has 2 rings (SSSR count). The Bertz CT molecular complexity index is 351. The van der Waals surface area contributed by atoms with Gasteiger partial charge in [0, 0.05) is 9.86 Å². The Morgan fingerprint density at radius 3 is 3.10 bits per heavy atom. The first-order chi connectivity index (χ1) is 4.88. The fourth-order valence-electron chi connectivity index (χ4n) is 0.899. The third-order valence-corrected chi connectivity index (χ3v) is 2.75. The molecule has 0 aliphatic carbocycles. The molecule has 0 unspecified atom stereocenters.